The van der Waals surface area contributed by atoms with E-state index in [1.807, 2.05) is 0 Å². The molecule has 1 rings (SSSR count). The van der Waals surface area contributed by atoms with E-state index < -0.39 is 37.3 Å². The number of hydrogen-bond donors (Lipinski definition) is 5. The molecule has 0 aromatic carbocycles. The summed E-state index contributed by atoms with van der Waals surface area (Å²) in [5, 5.41) is 36.1. The minimum absolute atomic E-state index is 0. The Kier molecular flexibility index (Phi) is 5.34. The van der Waals surface area contributed by atoms with Crippen molar-refractivity contribution in [3.8, 4) is 0 Å². The van der Waals surface area contributed by atoms with Gasteiger partial charge in [0.25, 0.3) is 0 Å². The van der Waals surface area contributed by atoms with Crippen molar-refractivity contribution in [1.29, 1.82) is 0 Å². The molecule has 5 atom stereocenters. The molecule has 1 aliphatic rings. The number of hydrogen-bond acceptors (Lipinski definition) is 6. The van der Waals surface area contributed by atoms with E-state index in [1.165, 1.54) is 0 Å². The van der Waals surface area contributed by atoms with Gasteiger partial charge in [-0.1, -0.05) is 0 Å². The van der Waals surface area contributed by atoms with Crippen LogP contribution >= 0.6 is 0 Å². The maximum atomic E-state index is 9.20. The summed E-state index contributed by atoms with van der Waals surface area (Å²) in [7, 11) is 0. The molecule has 0 amide bonds. The van der Waals surface area contributed by atoms with Crippen molar-refractivity contribution in [2.24, 2.45) is 5.73 Å². The summed E-state index contributed by atoms with van der Waals surface area (Å²) in [6.07, 6.45) is -4.85. The molecule has 1 saturated heterocycles. The maximum absolute atomic E-state index is 9.20. The van der Waals surface area contributed by atoms with Crippen molar-refractivity contribution >= 4 is 17.1 Å². The number of nitrogens with two attached hydrogens (primary N) is 1. The Hall–Kier alpha value is 0.279. The molecule has 0 aromatic heterocycles. The van der Waals surface area contributed by atoms with Gasteiger partial charge >= 0.3 is 17.1 Å². The third-order valence-corrected chi connectivity index (χ3v) is 1.95. The molecule has 6 nitrogen and oxygen atoms in total. The summed E-state index contributed by atoms with van der Waals surface area (Å²) in [6.45, 7) is -0.470. The summed E-state index contributed by atoms with van der Waals surface area (Å²) in [5.74, 6) is 0. The third-order valence-electron chi connectivity index (χ3n) is 1.95. The van der Waals surface area contributed by atoms with Crippen LogP contribution in [0, 0.1) is 0 Å². The van der Waals surface area contributed by atoms with Crippen molar-refractivity contribution in [3.05, 3.63) is 0 Å². The van der Waals surface area contributed by atoms with Crippen LogP contribution in [0.15, 0.2) is 0 Å². The molecule has 0 spiro atoms. The molecular weight excluding hydrogens is 245 g/mol. The van der Waals surface area contributed by atoms with Gasteiger partial charge in [-0.05, 0) is 0 Å². The second-order valence-electron chi connectivity index (χ2n) is 2.81. The number of aliphatic hydroxyl groups is 4. The van der Waals surface area contributed by atoms with Crippen LogP contribution in [0.1, 0.15) is 0 Å². The Labute approximate surface area is 85.8 Å². The molecule has 13 heavy (non-hydrogen) atoms. The van der Waals surface area contributed by atoms with E-state index in [4.69, 9.17) is 20.7 Å². The van der Waals surface area contributed by atoms with Gasteiger partial charge in [0.2, 0.25) is 0 Å². The Bertz CT molecular complexity index is 155. The van der Waals surface area contributed by atoms with Crippen molar-refractivity contribution in [2.75, 3.05) is 6.61 Å². The predicted molar refractivity (Wildman–Crippen MR) is 46.5 cm³/mol. The zero-order valence-electron chi connectivity index (χ0n) is 6.87. The summed E-state index contributed by atoms with van der Waals surface area (Å²) in [5.41, 5.74) is 5.26. The van der Waals surface area contributed by atoms with Gasteiger partial charge in [0, 0.05) is 0 Å². The second-order valence-corrected chi connectivity index (χ2v) is 2.81. The molecule has 0 aromatic rings. The van der Waals surface area contributed by atoms with Gasteiger partial charge in [0.1, 0.15) is 18.3 Å². The monoisotopic (exact) mass is 261 g/mol. The van der Waals surface area contributed by atoms with Crippen molar-refractivity contribution in [1.82, 2.24) is 0 Å². The molecule has 1 heterocycles. The van der Waals surface area contributed by atoms with E-state index in [0.717, 1.165) is 0 Å². The van der Waals surface area contributed by atoms with Gasteiger partial charge < -0.3 is 30.9 Å². The van der Waals surface area contributed by atoms with Crippen molar-refractivity contribution in [3.63, 3.8) is 0 Å². The fraction of sp³-hybridized carbons (Fsp3) is 1.00. The summed E-state index contributed by atoms with van der Waals surface area (Å²) < 4.78 is 4.70. The summed E-state index contributed by atoms with van der Waals surface area (Å²) in [4.78, 5) is 0. The first-order chi connectivity index (χ1) is 5.57. The van der Waals surface area contributed by atoms with Crippen LogP contribution in [0.4, 0.5) is 0 Å². The van der Waals surface area contributed by atoms with Crippen LogP contribution < -0.4 is 5.73 Å². The van der Waals surface area contributed by atoms with Crippen LogP contribution in [0.25, 0.3) is 0 Å². The van der Waals surface area contributed by atoms with E-state index >= 15 is 0 Å². The Morgan fingerprint density at radius 1 is 1.15 bits per heavy atom. The van der Waals surface area contributed by atoms with Gasteiger partial charge in [-0.3, -0.25) is 0 Å². The Morgan fingerprint density at radius 3 is 2.15 bits per heavy atom. The molecule has 1 fully saturated rings. The SMILES string of the molecule is N[C@H]1C(O)O[C@H](CO)[C@@H](O)[C@@H]1O.[SeH2]. The Morgan fingerprint density at radius 2 is 1.69 bits per heavy atom. The fourth-order valence-electron chi connectivity index (χ4n) is 1.12. The number of ether oxygens (including phenoxy) is 1. The molecule has 0 bridgehead atoms. The van der Waals surface area contributed by atoms with E-state index in [-0.39, 0.29) is 17.1 Å². The van der Waals surface area contributed by atoms with E-state index in [2.05, 4.69) is 0 Å². The van der Waals surface area contributed by atoms with Crippen molar-refractivity contribution < 1.29 is 25.2 Å². The van der Waals surface area contributed by atoms with Crippen LogP contribution in [0.5, 0.6) is 0 Å². The average molecular weight is 260 g/mol. The average Bonchev–Trinajstić information content (AvgIpc) is 2.08. The molecule has 1 aliphatic heterocycles. The first kappa shape index (κ1) is 13.3. The molecule has 6 N–H and O–H groups in total. The molecule has 80 valence electrons. The zero-order chi connectivity index (χ0) is 9.30. The van der Waals surface area contributed by atoms with Crippen molar-refractivity contribution in [2.45, 2.75) is 30.6 Å². The molecule has 0 aliphatic carbocycles. The standard InChI is InChI=1S/C6H13NO5.H2Se/c7-3-5(10)4(9)2(1-8)12-6(3)11;/h2-6,8-11H,1,7H2;1H2/t2-,3-,4-,5-,6?;/m1./s1. The van der Waals surface area contributed by atoms with Crippen LogP contribution in [0.2, 0.25) is 0 Å². The van der Waals surface area contributed by atoms with E-state index in [0.29, 0.717) is 0 Å². The molecule has 0 saturated carbocycles. The van der Waals surface area contributed by atoms with Crippen LogP contribution in [0.3, 0.4) is 0 Å². The van der Waals surface area contributed by atoms with Gasteiger partial charge in [0.05, 0.1) is 12.6 Å². The van der Waals surface area contributed by atoms with Crippen LogP contribution in [-0.4, -0.2) is 74.7 Å². The Balaban J connectivity index is 0.00000144. The van der Waals surface area contributed by atoms with Gasteiger partial charge in [-0.2, -0.15) is 0 Å². The van der Waals surface area contributed by atoms with Gasteiger partial charge in [-0.15, -0.1) is 0 Å². The summed E-state index contributed by atoms with van der Waals surface area (Å²) in [6, 6.07) is -1.04. The fourth-order valence-corrected chi connectivity index (χ4v) is 1.12. The molecule has 7 heteroatoms. The van der Waals surface area contributed by atoms with E-state index in [1.54, 1.807) is 0 Å². The van der Waals surface area contributed by atoms with Gasteiger partial charge in [-0.25, -0.2) is 0 Å². The molecule has 1 unspecified atom stereocenters. The van der Waals surface area contributed by atoms with Crippen LogP contribution in [-0.2, 0) is 4.74 Å². The minimum atomic E-state index is -1.35. The quantitative estimate of drug-likeness (QED) is 0.305. The first-order valence-electron chi connectivity index (χ1n) is 3.64. The number of rotatable bonds is 1. The number of aliphatic hydroxyl groups excluding tert-OH is 4. The second kappa shape index (κ2) is 5.23. The predicted octanol–water partition coefficient (Wildman–Crippen LogP) is -4.17. The summed E-state index contributed by atoms with van der Waals surface area (Å²) >= 11 is 0. The normalized spacial score (nSPS) is 45.5. The topological polar surface area (TPSA) is 116 Å². The van der Waals surface area contributed by atoms with Gasteiger partial charge in [0.15, 0.2) is 6.29 Å². The van der Waals surface area contributed by atoms with E-state index in [9.17, 15) is 10.2 Å². The third kappa shape index (κ3) is 2.61. The molecule has 0 radical (unpaired) electrons. The first-order valence-corrected chi connectivity index (χ1v) is 3.64. The zero-order valence-corrected chi connectivity index (χ0v) is 8.97. The molecular formula is C6H15NO5Se.